The molecule has 2 atom stereocenters. The first-order valence-electron chi connectivity index (χ1n) is 13.6. The van der Waals surface area contributed by atoms with E-state index in [-0.39, 0.29) is 13.2 Å². The van der Waals surface area contributed by atoms with Crippen molar-refractivity contribution in [2.45, 2.75) is 21.4 Å². The van der Waals surface area contributed by atoms with Crippen molar-refractivity contribution < 1.29 is 28.5 Å². The lowest BCUT2D eigenvalue weighted by Gasteiger charge is -2.20. The van der Waals surface area contributed by atoms with E-state index in [0.717, 1.165) is 22.3 Å². The second-order valence-corrected chi connectivity index (χ2v) is 17.2. The first kappa shape index (κ1) is 33.7. The summed E-state index contributed by atoms with van der Waals surface area (Å²) in [5, 5.41) is 1.78. The Bertz CT molecular complexity index is 1090. The minimum Gasteiger partial charge on any atom is -0.489 e. The van der Waals surface area contributed by atoms with Crippen molar-refractivity contribution in [3.05, 3.63) is 61.7 Å². The zero-order valence-corrected chi connectivity index (χ0v) is 28.2. The molecule has 12 heteroatoms. The lowest BCUT2D eigenvalue weighted by Crippen LogP contribution is -2.27. The number of fused-ring (bicyclic) bond motifs is 1. The molecule has 42 heavy (non-hydrogen) atoms. The molecule has 0 spiro atoms. The third kappa shape index (κ3) is 11.1. The molecule has 0 amide bonds. The molecular weight excluding hydrogens is 649 g/mol. The molecule has 2 fully saturated rings. The number of thioether (sulfide) groups is 6. The van der Waals surface area contributed by atoms with Gasteiger partial charge in [-0.15, -0.1) is 47.0 Å². The van der Waals surface area contributed by atoms with Crippen LogP contribution in [0.15, 0.2) is 61.7 Å². The number of carbonyl (C=O) groups is 2. The van der Waals surface area contributed by atoms with Crippen LogP contribution in [0.2, 0.25) is 0 Å². The minimum absolute atomic E-state index is 0.232. The molecule has 0 radical (unpaired) electrons. The molecule has 0 saturated carbocycles. The molecule has 2 aromatic rings. The maximum atomic E-state index is 12.0. The molecule has 2 saturated heterocycles. The predicted molar refractivity (Wildman–Crippen MR) is 187 cm³/mol. The largest absolute Gasteiger partial charge is 0.489 e. The molecule has 2 heterocycles. The summed E-state index contributed by atoms with van der Waals surface area (Å²) >= 11 is 11.5. The highest BCUT2D eigenvalue weighted by Gasteiger charge is 2.21. The molecule has 0 bridgehead atoms. The Morgan fingerprint density at radius 3 is 1.52 bits per heavy atom. The Hall–Kier alpha value is -1.18. The zero-order valence-electron chi connectivity index (χ0n) is 23.3. The van der Waals surface area contributed by atoms with E-state index in [0.29, 0.717) is 32.2 Å². The normalized spacial score (nSPS) is 17.0. The Morgan fingerprint density at radius 2 is 1.14 bits per heavy atom. The monoisotopic (exact) mass is 684 g/mol. The quantitative estimate of drug-likeness (QED) is 0.122. The fraction of sp³-hybridized carbons (Fsp3) is 0.467. The van der Waals surface area contributed by atoms with Crippen LogP contribution in [0.5, 0.6) is 11.5 Å². The van der Waals surface area contributed by atoms with Crippen LogP contribution in [0, 0.1) is 0 Å². The van der Waals surface area contributed by atoms with Gasteiger partial charge in [-0.25, -0.2) is 9.59 Å². The fourth-order valence-corrected chi connectivity index (χ4v) is 12.8. The van der Waals surface area contributed by atoms with E-state index in [2.05, 4.69) is 13.2 Å². The SMILES string of the molecule is C=CC(=O)OC(COc1cccc2c(OCC(CSCC3SCCS3)OC(=O)C=C)cccc12)CSCC1SCCS1. The van der Waals surface area contributed by atoms with E-state index >= 15 is 0 Å². The van der Waals surface area contributed by atoms with Gasteiger partial charge in [0, 0.05) is 68.9 Å². The lowest BCUT2D eigenvalue weighted by atomic mass is 10.1. The molecular formula is C30H36O6S6. The molecule has 0 aliphatic carbocycles. The van der Waals surface area contributed by atoms with E-state index < -0.39 is 24.1 Å². The van der Waals surface area contributed by atoms with Crippen LogP contribution < -0.4 is 9.47 Å². The number of esters is 2. The maximum Gasteiger partial charge on any atom is 0.330 e. The van der Waals surface area contributed by atoms with E-state index in [4.69, 9.17) is 18.9 Å². The third-order valence-electron chi connectivity index (χ3n) is 6.09. The van der Waals surface area contributed by atoms with Crippen LogP contribution in [0.3, 0.4) is 0 Å². The average Bonchev–Trinajstić information content (AvgIpc) is 3.73. The molecule has 0 N–H and O–H groups in total. The number of rotatable bonds is 18. The first-order chi connectivity index (χ1) is 20.6. The number of carbonyl (C=O) groups excluding carboxylic acids is 2. The molecule has 6 nitrogen and oxygen atoms in total. The highest BCUT2D eigenvalue weighted by molar-refractivity contribution is 8.21. The topological polar surface area (TPSA) is 71.1 Å². The summed E-state index contributed by atoms with van der Waals surface area (Å²) in [6.07, 6.45) is 1.58. The highest BCUT2D eigenvalue weighted by Crippen LogP contribution is 2.36. The smallest absolute Gasteiger partial charge is 0.330 e. The Labute approximate surface area is 274 Å². The number of hydrogen-bond acceptors (Lipinski definition) is 12. The first-order valence-corrected chi connectivity index (χ1v) is 20.1. The van der Waals surface area contributed by atoms with Crippen molar-refractivity contribution >= 4 is 93.3 Å². The van der Waals surface area contributed by atoms with E-state index in [9.17, 15) is 9.59 Å². The molecule has 2 unspecified atom stereocenters. The van der Waals surface area contributed by atoms with Gasteiger partial charge in [-0.2, -0.15) is 23.5 Å². The summed E-state index contributed by atoms with van der Waals surface area (Å²) in [6, 6.07) is 11.6. The number of benzene rings is 2. The standard InChI is InChI=1S/C30H36O6S6/c1-3-27(31)35-21(17-37-19-29-39-11-12-40-29)15-33-25-9-5-8-24-23(25)7-6-10-26(24)34-16-22(36-28(32)4-2)18-38-20-30-41-13-14-42-30/h3-10,21-22,29-30H,1-2,11-20H2. The molecule has 2 aliphatic heterocycles. The van der Waals surface area contributed by atoms with Gasteiger partial charge in [0.05, 0.1) is 9.16 Å². The molecule has 2 aromatic carbocycles. The van der Waals surface area contributed by atoms with E-state index in [1.54, 1.807) is 23.5 Å². The van der Waals surface area contributed by atoms with Gasteiger partial charge in [-0.05, 0) is 12.1 Å². The van der Waals surface area contributed by atoms with Gasteiger partial charge in [0.1, 0.15) is 36.9 Å². The summed E-state index contributed by atoms with van der Waals surface area (Å²) < 4.78 is 24.8. The van der Waals surface area contributed by atoms with Crippen molar-refractivity contribution in [1.82, 2.24) is 0 Å². The van der Waals surface area contributed by atoms with Crippen molar-refractivity contribution in [1.29, 1.82) is 0 Å². The second kappa shape index (κ2) is 18.6. The third-order valence-corrected chi connectivity index (χ3v) is 15.3. The van der Waals surface area contributed by atoms with Gasteiger partial charge in [0.15, 0.2) is 0 Å². The van der Waals surface area contributed by atoms with Crippen LogP contribution in [-0.2, 0) is 19.1 Å². The molecule has 228 valence electrons. The van der Waals surface area contributed by atoms with Gasteiger partial charge in [0.2, 0.25) is 0 Å². The van der Waals surface area contributed by atoms with Crippen LogP contribution in [0.25, 0.3) is 10.8 Å². The fourth-order valence-electron chi connectivity index (χ4n) is 4.12. The average molecular weight is 685 g/mol. The molecule has 4 rings (SSSR count). The van der Waals surface area contributed by atoms with Crippen molar-refractivity contribution in [2.75, 3.05) is 59.2 Å². The Balaban J connectivity index is 1.37. The number of hydrogen-bond donors (Lipinski definition) is 0. The molecule has 0 aromatic heterocycles. The minimum atomic E-state index is -0.451. The van der Waals surface area contributed by atoms with Gasteiger partial charge in [-0.3, -0.25) is 0 Å². The second-order valence-electron chi connectivity index (χ2n) is 9.17. The van der Waals surface area contributed by atoms with Crippen molar-refractivity contribution in [3.63, 3.8) is 0 Å². The lowest BCUT2D eigenvalue weighted by molar-refractivity contribution is -0.144. The zero-order chi connectivity index (χ0) is 29.6. The summed E-state index contributed by atoms with van der Waals surface area (Å²) in [6.45, 7) is 7.53. The van der Waals surface area contributed by atoms with Gasteiger partial charge >= 0.3 is 11.9 Å². The van der Waals surface area contributed by atoms with Gasteiger partial charge < -0.3 is 18.9 Å². The van der Waals surface area contributed by atoms with E-state index in [1.807, 2.05) is 83.4 Å². The van der Waals surface area contributed by atoms with Crippen LogP contribution in [0.4, 0.5) is 0 Å². The van der Waals surface area contributed by atoms with E-state index in [1.165, 1.54) is 35.2 Å². The summed E-state index contributed by atoms with van der Waals surface area (Å²) in [5.41, 5.74) is 0. The number of ether oxygens (including phenoxy) is 4. The Kier molecular flexibility index (Phi) is 14.9. The van der Waals surface area contributed by atoms with Gasteiger partial charge in [0.25, 0.3) is 0 Å². The van der Waals surface area contributed by atoms with Crippen LogP contribution >= 0.6 is 70.6 Å². The van der Waals surface area contributed by atoms with Crippen LogP contribution in [-0.4, -0.2) is 92.5 Å². The maximum absolute atomic E-state index is 12.0. The highest BCUT2D eigenvalue weighted by atomic mass is 32.2. The predicted octanol–water partition coefficient (Wildman–Crippen LogP) is 6.87. The molecule has 2 aliphatic rings. The van der Waals surface area contributed by atoms with Crippen molar-refractivity contribution in [3.8, 4) is 11.5 Å². The van der Waals surface area contributed by atoms with Crippen LogP contribution in [0.1, 0.15) is 0 Å². The van der Waals surface area contributed by atoms with Gasteiger partial charge in [-0.1, -0.05) is 37.4 Å². The van der Waals surface area contributed by atoms with Crippen molar-refractivity contribution in [2.24, 2.45) is 0 Å². The Morgan fingerprint density at radius 1 is 0.738 bits per heavy atom. The summed E-state index contributed by atoms with van der Waals surface area (Å²) in [7, 11) is 0. The summed E-state index contributed by atoms with van der Waals surface area (Å²) in [5.74, 6) is 8.55. The summed E-state index contributed by atoms with van der Waals surface area (Å²) in [4.78, 5) is 24.0.